The van der Waals surface area contributed by atoms with Crippen LogP contribution in [0.2, 0.25) is 0 Å². The Kier molecular flexibility index (Phi) is 6.22. The topological polar surface area (TPSA) is 42.3 Å². The molecule has 30 heavy (non-hydrogen) atoms. The fraction of sp³-hybridized carbons (Fsp3) is 0.304. The van der Waals surface area contributed by atoms with Crippen LogP contribution in [0.15, 0.2) is 59.2 Å². The molecule has 1 fully saturated rings. The lowest BCUT2D eigenvalue weighted by Gasteiger charge is -2.28. The summed E-state index contributed by atoms with van der Waals surface area (Å²) in [5.41, 5.74) is 5.72. The number of methoxy groups -OCH3 is 1. The van der Waals surface area contributed by atoms with E-state index in [0.29, 0.717) is 11.7 Å². The first kappa shape index (κ1) is 21.0. The standard InChI is InChI=1S/C23H25BrN4OS/c1-15-14-19(16(2)27(15)12-13-29-3)22-21(20-6-4-5-11-25-20)26-23(30)28(22)18-9-7-17(24)8-10-18/h4-11,14,21-22H,12-13H2,1-3H3,(H,26,30)/t21-,22+/m0/s1. The van der Waals surface area contributed by atoms with Gasteiger partial charge in [0.05, 0.1) is 24.4 Å². The first-order valence-corrected chi connectivity index (χ1v) is 11.1. The molecule has 1 N–H and O–H groups in total. The second-order valence-electron chi connectivity index (χ2n) is 7.44. The Balaban J connectivity index is 1.83. The maximum atomic E-state index is 5.81. The van der Waals surface area contributed by atoms with E-state index >= 15 is 0 Å². The van der Waals surface area contributed by atoms with Crippen LogP contribution in [0, 0.1) is 13.8 Å². The van der Waals surface area contributed by atoms with E-state index in [9.17, 15) is 0 Å². The van der Waals surface area contributed by atoms with Crippen LogP contribution in [0.1, 0.15) is 34.7 Å². The maximum Gasteiger partial charge on any atom is 0.174 e. The molecule has 1 aliphatic rings. The van der Waals surface area contributed by atoms with Crippen molar-refractivity contribution in [2.75, 3.05) is 18.6 Å². The van der Waals surface area contributed by atoms with Crippen molar-refractivity contribution < 1.29 is 4.74 Å². The fourth-order valence-electron chi connectivity index (χ4n) is 4.20. The molecule has 2 atom stereocenters. The zero-order chi connectivity index (χ0) is 21.3. The normalized spacial score (nSPS) is 18.7. The third-order valence-electron chi connectivity index (χ3n) is 5.65. The van der Waals surface area contributed by atoms with E-state index in [-0.39, 0.29) is 12.1 Å². The van der Waals surface area contributed by atoms with E-state index in [1.165, 1.54) is 17.0 Å². The predicted octanol–water partition coefficient (Wildman–Crippen LogP) is 5.09. The first-order chi connectivity index (χ1) is 14.5. The highest BCUT2D eigenvalue weighted by molar-refractivity contribution is 9.10. The van der Waals surface area contributed by atoms with Crippen molar-refractivity contribution >= 4 is 38.9 Å². The number of ether oxygens (including phenoxy) is 1. The summed E-state index contributed by atoms with van der Waals surface area (Å²) >= 11 is 9.35. The average molecular weight is 485 g/mol. The number of nitrogens with zero attached hydrogens (tertiary/aromatic N) is 3. The number of hydrogen-bond donors (Lipinski definition) is 1. The largest absolute Gasteiger partial charge is 0.383 e. The summed E-state index contributed by atoms with van der Waals surface area (Å²) in [7, 11) is 1.74. The van der Waals surface area contributed by atoms with Gasteiger partial charge in [-0.1, -0.05) is 22.0 Å². The molecular weight excluding hydrogens is 460 g/mol. The molecule has 7 heteroatoms. The molecule has 0 saturated carbocycles. The third-order valence-corrected chi connectivity index (χ3v) is 6.50. The molecule has 0 spiro atoms. The van der Waals surface area contributed by atoms with Gasteiger partial charge in [0.1, 0.15) is 0 Å². The Morgan fingerprint density at radius 1 is 1.17 bits per heavy atom. The van der Waals surface area contributed by atoms with Crippen molar-refractivity contribution in [3.05, 3.63) is 81.8 Å². The minimum Gasteiger partial charge on any atom is -0.383 e. The van der Waals surface area contributed by atoms with Gasteiger partial charge in [-0.3, -0.25) is 4.98 Å². The molecule has 0 aliphatic carbocycles. The van der Waals surface area contributed by atoms with E-state index in [1.807, 2.05) is 30.5 Å². The molecule has 1 aromatic carbocycles. The molecule has 1 saturated heterocycles. The highest BCUT2D eigenvalue weighted by atomic mass is 79.9. The van der Waals surface area contributed by atoms with Crippen molar-refractivity contribution in [3.63, 3.8) is 0 Å². The lowest BCUT2D eigenvalue weighted by atomic mass is 9.96. The van der Waals surface area contributed by atoms with E-state index in [2.05, 4.69) is 73.8 Å². The summed E-state index contributed by atoms with van der Waals surface area (Å²) in [6.45, 7) is 5.82. The number of nitrogens with one attached hydrogen (secondary N) is 1. The molecule has 2 aromatic heterocycles. The molecule has 3 heterocycles. The summed E-state index contributed by atoms with van der Waals surface area (Å²) in [4.78, 5) is 6.85. The van der Waals surface area contributed by atoms with Crippen LogP contribution in [0.5, 0.6) is 0 Å². The number of pyridine rings is 1. The molecule has 1 aliphatic heterocycles. The molecule has 0 unspecified atom stereocenters. The SMILES string of the molecule is COCCn1c(C)cc([C@@H]2[C@H](c3ccccn3)NC(=S)N2c2ccc(Br)cc2)c1C. The molecular formula is C23H25BrN4OS. The maximum absolute atomic E-state index is 5.81. The minimum absolute atomic E-state index is 0.00364. The molecule has 0 amide bonds. The van der Waals surface area contributed by atoms with Gasteiger partial charge in [0.2, 0.25) is 0 Å². The zero-order valence-corrected chi connectivity index (χ0v) is 19.7. The Labute approximate surface area is 191 Å². The van der Waals surface area contributed by atoms with Crippen molar-refractivity contribution in [1.82, 2.24) is 14.9 Å². The first-order valence-electron chi connectivity index (χ1n) is 9.93. The van der Waals surface area contributed by atoms with Crippen molar-refractivity contribution in [3.8, 4) is 0 Å². The van der Waals surface area contributed by atoms with Crippen LogP contribution in [0.3, 0.4) is 0 Å². The van der Waals surface area contributed by atoms with E-state index in [4.69, 9.17) is 17.0 Å². The van der Waals surface area contributed by atoms with E-state index in [0.717, 1.165) is 22.4 Å². The second kappa shape index (κ2) is 8.88. The third kappa shape index (κ3) is 3.89. The average Bonchev–Trinajstić information content (AvgIpc) is 3.23. The molecule has 0 bridgehead atoms. The van der Waals surface area contributed by atoms with Crippen LogP contribution >= 0.6 is 28.1 Å². The summed E-state index contributed by atoms with van der Waals surface area (Å²) in [6.07, 6.45) is 1.83. The lowest BCUT2D eigenvalue weighted by molar-refractivity contribution is 0.186. The van der Waals surface area contributed by atoms with E-state index in [1.54, 1.807) is 7.11 Å². The van der Waals surface area contributed by atoms with Gasteiger partial charge >= 0.3 is 0 Å². The zero-order valence-electron chi connectivity index (χ0n) is 17.3. The predicted molar refractivity (Wildman–Crippen MR) is 128 cm³/mol. The molecule has 5 nitrogen and oxygen atoms in total. The number of halogens is 1. The van der Waals surface area contributed by atoms with Crippen molar-refractivity contribution in [2.45, 2.75) is 32.5 Å². The van der Waals surface area contributed by atoms with Gasteiger partial charge < -0.3 is 19.5 Å². The fourth-order valence-corrected chi connectivity index (χ4v) is 4.81. The molecule has 0 radical (unpaired) electrons. The van der Waals surface area contributed by atoms with Gasteiger partial charge in [-0.2, -0.15) is 0 Å². The van der Waals surface area contributed by atoms with Crippen LogP contribution in [0.25, 0.3) is 0 Å². The summed E-state index contributed by atoms with van der Waals surface area (Å²) in [5.74, 6) is 0. The second-order valence-corrected chi connectivity index (χ2v) is 8.75. The molecule has 3 aromatic rings. The molecule has 156 valence electrons. The van der Waals surface area contributed by atoms with Gasteiger partial charge in [0, 0.05) is 41.4 Å². The van der Waals surface area contributed by atoms with Gasteiger partial charge in [-0.15, -0.1) is 0 Å². The number of benzene rings is 1. The number of hydrogen-bond acceptors (Lipinski definition) is 3. The van der Waals surface area contributed by atoms with Gasteiger partial charge in [-0.05, 0) is 74.1 Å². The Hall–Kier alpha value is -2.22. The van der Waals surface area contributed by atoms with Crippen LogP contribution in [-0.4, -0.2) is 28.4 Å². The smallest absolute Gasteiger partial charge is 0.174 e. The highest BCUT2D eigenvalue weighted by Gasteiger charge is 2.42. The summed E-state index contributed by atoms with van der Waals surface area (Å²) in [5, 5.41) is 4.24. The summed E-state index contributed by atoms with van der Waals surface area (Å²) in [6, 6.07) is 16.5. The van der Waals surface area contributed by atoms with Crippen LogP contribution in [-0.2, 0) is 11.3 Å². The lowest BCUT2D eigenvalue weighted by Crippen LogP contribution is -2.29. The number of aromatic nitrogens is 2. The molecule has 4 rings (SSSR count). The minimum atomic E-state index is -0.0429. The number of anilines is 1. The van der Waals surface area contributed by atoms with Gasteiger partial charge in [0.15, 0.2) is 5.11 Å². The van der Waals surface area contributed by atoms with Crippen molar-refractivity contribution in [1.29, 1.82) is 0 Å². The van der Waals surface area contributed by atoms with Crippen LogP contribution in [0.4, 0.5) is 5.69 Å². The van der Waals surface area contributed by atoms with Crippen LogP contribution < -0.4 is 10.2 Å². The van der Waals surface area contributed by atoms with Crippen molar-refractivity contribution in [2.24, 2.45) is 0 Å². The highest BCUT2D eigenvalue weighted by Crippen LogP contribution is 2.43. The quantitative estimate of drug-likeness (QED) is 0.493. The number of aryl methyl sites for hydroxylation is 1. The monoisotopic (exact) mass is 484 g/mol. The van der Waals surface area contributed by atoms with Gasteiger partial charge in [0.25, 0.3) is 0 Å². The Morgan fingerprint density at radius 2 is 1.93 bits per heavy atom. The number of rotatable bonds is 6. The summed E-state index contributed by atoms with van der Waals surface area (Å²) < 4.78 is 8.68. The van der Waals surface area contributed by atoms with E-state index < -0.39 is 0 Å². The Bertz CT molecular complexity index is 1040. The number of thiocarbonyl (C=S) groups is 1. The van der Waals surface area contributed by atoms with Gasteiger partial charge in [-0.25, -0.2) is 0 Å². The Morgan fingerprint density at radius 3 is 2.60 bits per heavy atom.